The number of carbonyl (C=O) groups excluding carboxylic acids is 1. The van der Waals surface area contributed by atoms with Gasteiger partial charge in [0.25, 0.3) is 5.56 Å². The molecule has 0 saturated heterocycles. The second-order valence-corrected chi connectivity index (χ2v) is 4.55. The van der Waals surface area contributed by atoms with E-state index in [0.717, 1.165) is 24.9 Å². The van der Waals surface area contributed by atoms with Crippen molar-refractivity contribution in [3.8, 4) is 0 Å². The van der Waals surface area contributed by atoms with Gasteiger partial charge in [-0.15, -0.1) is 0 Å². The fraction of sp³-hybridized carbons (Fsp3) is 0.583. The molecule has 106 valence electrons. The van der Waals surface area contributed by atoms with Crippen LogP contribution in [0.4, 0.5) is 5.69 Å². The summed E-state index contributed by atoms with van der Waals surface area (Å²) in [7, 11) is 3.73. The minimum Gasteiger partial charge on any atom is -0.376 e. The average molecular weight is 267 g/mol. The normalized spacial score (nSPS) is 10.3. The molecule has 19 heavy (non-hydrogen) atoms. The van der Waals surface area contributed by atoms with E-state index in [9.17, 15) is 9.59 Å². The minimum atomic E-state index is -0.161. The zero-order valence-electron chi connectivity index (χ0n) is 11.4. The first-order chi connectivity index (χ1) is 9.04. The van der Waals surface area contributed by atoms with Gasteiger partial charge >= 0.3 is 0 Å². The Morgan fingerprint density at radius 1 is 1.42 bits per heavy atom. The van der Waals surface area contributed by atoms with E-state index in [-0.39, 0.29) is 11.5 Å². The second kappa shape index (κ2) is 7.52. The van der Waals surface area contributed by atoms with E-state index in [1.807, 2.05) is 19.0 Å². The van der Waals surface area contributed by atoms with E-state index in [2.05, 4.69) is 10.5 Å². The molecule has 0 aliphatic rings. The summed E-state index contributed by atoms with van der Waals surface area (Å²) < 4.78 is 1.44. The highest BCUT2D eigenvalue weighted by molar-refractivity contribution is 5.74. The number of carbonyl (C=O) groups is 1. The van der Waals surface area contributed by atoms with Gasteiger partial charge in [0.2, 0.25) is 5.91 Å². The largest absolute Gasteiger partial charge is 0.376 e. The van der Waals surface area contributed by atoms with Gasteiger partial charge in [-0.25, -0.2) is 10.5 Å². The number of hydrazine groups is 1. The summed E-state index contributed by atoms with van der Waals surface area (Å²) in [6, 6.07) is 1.56. The molecule has 1 aromatic rings. The zero-order chi connectivity index (χ0) is 14.3. The van der Waals surface area contributed by atoms with Crippen LogP contribution in [0, 0.1) is 0 Å². The zero-order valence-corrected chi connectivity index (χ0v) is 11.4. The molecule has 0 fully saturated rings. The number of anilines is 1. The van der Waals surface area contributed by atoms with Crippen molar-refractivity contribution >= 4 is 11.6 Å². The average Bonchev–Trinajstić information content (AvgIpc) is 2.39. The van der Waals surface area contributed by atoms with Gasteiger partial charge in [0.15, 0.2) is 0 Å². The van der Waals surface area contributed by atoms with Crippen LogP contribution in [0.2, 0.25) is 0 Å². The molecule has 0 unspecified atom stereocenters. The van der Waals surface area contributed by atoms with Crippen LogP contribution in [-0.2, 0) is 11.3 Å². The van der Waals surface area contributed by atoms with Gasteiger partial charge in [0.1, 0.15) is 0 Å². The van der Waals surface area contributed by atoms with Crippen LogP contribution in [-0.4, -0.2) is 29.8 Å². The first-order valence-electron chi connectivity index (χ1n) is 6.28. The number of nitrogens with zero attached hydrogens (tertiary/aromatic N) is 3. The lowest BCUT2D eigenvalue weighted by molar-refractivity contribution is -0.121. The standard InChI is InChI=1S/C12H21N5O2/c1-16(2)10-8-12(19)17(14-9-10)7-5-3-4-6-11(18)15-13/h8-9H,3-7,13H2,1-2H3,(H,15,18). The fourth-order valence-electron chi connectivity index (χ4n) is 1.63. The molecule has 1 heterocycles. The summed E-state index contributed by atoms with van der Waals surface area (Å²) in [4.78, 5) is 24.5. The predicted molar refractivity (Wildman–Crippen MR) is 73.6 cm³/mol. The van der Waals surface area contributed by atoms with Crippen molar-refractivity contribution in [1.29, 1.82) is 0 Å². The number of aryl methyl sites for hydroxylation is 1. The van der Waals surface area contributed by atoms with Gasteiger partial charge in [-0.05, 0) is 12.8 Å². The van der Waals surface area contributed by atoms with Crippen molar-refractivity contribution in [1.82, 2.24) is 15.2 Å². The lowest BCUT2D eigenvalue weighted by Gasteiger charge is -2.12. The summed E-state index contributed by atoms with van der Waals surface area (Å²) >= 11 is 0. The van der Waals surface area contributed by atoms with Gasteiger partial charge in [0, 0.05) is 33.1 Å². The summed E-state index contributed by atoms with van der Waals surface area (Å²) in [6.45, 7) is 0.566. The molecule has 1 amide bonds. The molecule has 0 aliphatic carbocycles. The minimum absolute atomic E-state index is 0.106. The number of hydrogen-bond acceptors (Lipinski definition) is 5. The quantitative estimate of drug-likeness (QED) is 0.310. The Bertz CT molecular complexity index is 469. The molecule has 0 bridgehead atoms. The van der Waals surface area contributed by atoms with Crippen molar-refractivity contribution < 1.29 is 4.79 Å². The Morgan fingerprint density at radius 3 is 2.74 bits per heavy atom. The Hall–Kier alpha value is -1.89. The number of rotatable bonds is 7. The highest BCUT2D eigenvalue weighted by Crippen LogP contribution is 2.05. The van der Waals surface area contributed by atoms with E-state index in [1.165, 1.54) is 4.68 Å². The molecule has 0 aromatic carbocycles. The monoisotopic (exact) mass is 267 g/mol. The number of unbranched alkanes of at least 4 members (excludes halogenated alkanes) is 2. The van der Waals surface area contributed by atoms with Gasteiger partial charge in [-0.1, -0.05) is 6.42 Å². The molecule has 3 N–H and O–H groups in total. The van der Waals surface area contributed by atoms with Crippen LogP contribution in [0.1, 0.15) is 25.7 Å². The lowest BCUT2D eigenvalue weighted by atomic mass is 10.2. The Kier molecular flexibility index (Phi) is 6.01. The lowest BCUT2D eigenvalue weighted by Crippen LogP contribution is -2.29. The third-order valence-corrected chi connectivity index (χ3v) is 2.81. The number of hydrogen-bond donors (Lipinski definition) is 2. The summed E-state index contributed by atoms with van der Waals surface area (Å²) in [5.41, 5.74) is 2.78. The predicted octanol–water partition coefficient (Wildman–Crippen LogP) is -0.140. The fourth-order valence-corrected chi connectivity index (χ4v) is 1.63. The molecular weight excluding hydrogens is 246 g/mol. The first-order valence-corrected chi connectivity index (χ1v) is 6.28. The molecule has 0 saturated carbocycles. The smallest absolute Gasteiger partial charge is 0.268 e. The van der Waals surface area contributed by atoms with Gasteiger partial charge in [-0.3, -0.25) is 15.0 Å². The molecule has 7 heteroatoms. The molecule has 7 nitrogen and oxygen atoms in total. The molecule has 1 aromatic heterocycles. The second-order valence-electron chi connectivity index (χ2n) is 4.55. The maximum Gasteiger partial charge on any atom is 0.268 e. The SMILES string of the molecule is CN(C)c1cnn(CCCCCC(=O)NN)c(=O)c1. The maximum atomic E-state index is 11.8. The van der Waals surface area contributed by atoms with Crippen LogP contribution in [0.5, 0.6) is 0 Å². The molecule has 1 rings (SSSR count). The van der Waals surface area contributed by atoms with Crippen LogP contribution >= 0.6 is 0 Å². The van der Waals surface area contributed by atoms with Crippen LogP contribution in [0.25, 0.3) is 0 Å². The van der Waals surface area contributed by atoms with Crippen molar-refractivity contribution in [2.45, 2.75) is 32.2 Å². The molecular formula is C12H21N5O2. The van der Waals surface area contributed by atoms with Gasteiger partial charge in [-0.2, -0.15) is 5.10 Å². The van der Waals surface area contributed by atoms with E-state index in [1.54, 1.807) is 12.3 Å². The van der Waals surface area contributed by atoms with Crippen molar-refractivity contribution in [3.05, 3.63) is 22.6 Å². The third-order valence-electron chi connectivity index (χ3n) is 2.81. The van der Waals surface area contributed by atoms with Crippen molar-refractivity contribution in [3.63, 3.8) is 0 Å². The van der Waals surface area contributed by atoms with Crippen LogP contribution in [0.3, 0.4) is 0 Å². The van der Waals surface area contributed by atoms with Gasteiger partial charge < -0.3 is 4.90 Å². The van der Waals surface area contributed by atoms with E-state index in [0.29, 0.717) is 13.0 Å². The number of nitrogens with two attached hydrogens (primary N) is 1. The van der Waals surface area contributed by atoms with Crippen molar-refractivity contribution in [2.24, 2.45) is 5.84 Å². The maximum absolute atomic E-state index is 11.8. The van der Waals surface area contributed by atoms with E-state index < -0.39 is 0 Å². The number of amides is 1. The summed E-state index contributed by atoms with van der Waals surface area (Å²) in [6.07, 6.45) is 4.51. The number of aromatic nitrogens is 2. The van der Waals surface area contributed by atoms with E-state index >= 15 is 0 Å². The highest BCUT2D eigenvalue weighted by atomic mass is 16.2. The van der Waals surface area contributed by atoms with Crippen LogP contribution in [0.15, 0.2) is 17.1 Å². The van der Waals surface area contributed by atoms with Crippen molar-refractivity contribution in [2.75, 3.05) is 19.0 Å². The Balaban J connectivity index is 2.38. The highest BCUT2D eigenvalue weighted by Gasteiger charge is 2.02. The van der Waals surface area contributed by atoms with Gasteiger partial charge in [0.05, 0.1) is 11.9 Å². The molecule has 0 radical (unpaired) electrons. The first kappa shape index (κ1) is 15.2. The Labute approximate surface area is 112 Å². The number of nitrogens with one attached hydrogen (secondary N) is 1. The van der Waals surface area contributed by atoms with E-state index in [4.69, 9.17) is 5.84 Å². The molecule has 0 atom stereocenters. The summed E-state index contributed by atoms with van der Waals surface area (Å²) in [5, 5.41) is 4.11. The van der Waals surface area contributed by atoms with Crippen LogP contribution < -0.4 is 21.7 Å². The Morgan fingerprint density at radius 2 is 2.16 bits per heavy atom. The summed E-state index contributed by atoms with van der Waals surface area (Å²) in [5.74, 6) is 4.82. The molecule has 0 spiro atoms. The topological polar surface area (TPSA) is 93.2 Å². The third kappa shape index (κ3) is 5.09. The molecule has 0 aliphatic heterocycles.